The fourth-order valence-electron chi connectivity index (χ4n) is 2.17. The summed E-state index contributed by atoms with van der Waals surface area (Å²) in [4.78, 5) is 1.65. The second-order valence-corrected chi connectivity index (χ2v) is 4.77. The van der Waals surface area contributed by atoms with Gasteiger partial charge in [0.1, 0.15) is 17.3 Å². The highest BCUT2D eigenvalue weighted by atomic mass is 19.1. The molecule has 0 fully saturated rings. The normalized spacial score (nSPS) is 10.9. The van der Waals surface area contributed by atoms with Crippen molar-refractivity contribution in [2.75, 3.05) is 52.0 Å². The Morgan fingerprint density at radius 2 is 1.67 bits per heavy atom. The number of nitrogens with zero attached hydrogens (tertiary/aromatic N) is 1. The van der Waals surface area contributed by atoms with Crippen molar-refractivity contribution in [3.8, 4) is 0 Å². The first-order chi connectivity index (χ1) is 10.1. The van der Waals surface area contributed by atoms with Gasteiger partial charge in [-0.1, -0.05) is 0 Å². The molecule has 1 aromatic rings. The Bertz CT molecular complexity index is 407. The van der Waals surface area contributed by atoms with E-state index < -0.39 is 11.6 Å². The van der Waals surface area contributed by atoms with Gasteiger partial charge in [0.05, 0.1) is 6.61 Å². The molecule has 0 heterocycles. The predicted molar refractivity (Wildman–Crippen MR) is 79.7 cm³/mol. The van der Waals surface area contributed by atoms with Crippen LogP contribution in [0.4, 0.5) is 14.5 Å². The van der Waals surface area contributed by atoms with Crippen molar-refractivity contribution >= 4 is 5.69 Å². The molecule has 0 aliphatic rings. The number of hydrogen-bond acceptors (Lipinski definition) is 4. The number of halogens is 2. The molecule has 6 heteroatoms. The van der Waals surface area contributed by atoms with Gasteiger partial charge in [-0.3, -0.25) is 0 Å². The summed E-state index contributed by atoms with van der Waals surface area (Å²) in [5.41, 5.74) is 5.98. The molecular weight excluding hydrogens is 278 g/mol. The van der Waals surface area contributed by atoms with E-state index in [2.05, 4.69) is 0 Å². The lowest BCUT2D eigenvalue weighted by Gasteiger charge is -2.25. The zero-order chi connectivity index (χ0) is 15.7. The van der Waals surface area contributed by atoms with E-state index in [-0.39, 0.29) is 5.69 Å². The summed E-state index contributed by atoms with van der Waals surface area (Å²) < 4.78 is 38.4. The average molecular weight is 302 g/mol. The Kier molecular flexibility index (Phi) is 8.19. The minimum atomic E-state index is -0.563. The van der Waals surface area contributed by atoms with Gasteiger partial charge in [0.2, 0.25) is 0 Å². The number of ether oxygens (including phenoxy) is 2. The molecule has 0 atom stereocenters. The first-order valence-electron chi connectivity index (χ1n) is 7.04. The Morgan fingerprint density at radius 3 is 2.19 bits per heavy atom. The Morgan fingerprint density at radius 1 is 1.05 bits per heavy atom. The monoisotopic (exact) mass is 302 g/mol. The lowest BCUT2D eigenvalue weighted by Crippen LogP contribution is -2.30. The summed E-state index contributed by atoms with van der Waals surface area (Å²) in [7, 11) is 3.16. The topological polar surface area (TPSA) is 47.7 Å². The highest BCUT2D eigenvalue weighted by molar-refractivity contribution is 5.50. The zero-order valence-electron chi connectivity index (χ0n) is 12.7. The molecule has 1 aromatic carbocycles. The number of rotatable bonds is 10. The van der Waals surface area contributed by atoms with Gasteiger partial charge >= 0.3 is 0 Å². The van der Waals surface area contributed by atoms with E-state index in [4.69, 9.17) is 15.2 Å². The number of methoxy groups -OCH3 is 2. The van der Waals surface area contributed by atoms with Gasteiger partial charge in [0, 0.05) is 33.9 Å². The maximum Gasteiger partial charge on any atom is 0.149 e. The molecule has 0 saturated heterocycles. The number of benzene rings is 1. The molecule has 4 nitrogen and oxygen atoms in total. The van der Waals surface area contributed by atoms with Gasteiger partial charge in [-0.25, -0.2) is 8.78 Å². The smallest absolute Gasteiger partial charge is 0.149 e. The van der Waals surface area contributed by atoms with Crippen molar-refractivity contribution in [2.45, 2.75) is 12.8 Å². The van der Waals surface area contributed by atoms with Crippen LogP contribution in [0.15, 0.2) is 12.1 Å². The molecule has 2 N–H and O–H groups in total. The third-order valence-corrected chi connectivity index (χ3v) is 3.17. The summed E-state index contributed by atoms with van der Waals surface area (Å²) in [5.74, 6) is -1.13. The van der Waals surface area contributed by atoms with E-state index in [1.165, 1.54) is 12.1 Å². The Hall–Kier alpha value is -1.24. The van der Waals surface area contributed by atoms with Crippen molar-refractivity contribution in [2.24, 2.45) is 5.73 Å². The maximum absolute atomic E-state index is 14.2. The van der Waals surface area contributed by atoms with Crippen LogP contribution in [0.5, 0.6) is 0 Å². The molecule has 0 saturated carbocycles. The third kappa shape index (κ3) is 5.57. The summed E-state index contributed by atoms with van der Waals surface area (Å²) >= 11 is 0. The minimum Gasteiger partial charge on any atom is -0.385 e. The van der Waals surface area contributed by atoms with Crippen LogP contribution in [-0.4, -0.2) is 47.1 Å². The highest BCUT2D eigenvalue weighted by Crippen LogP contribution is 2.25. The van der Waals surface area contributed by atoms with Crippen molar-refractivity contribution in [3.63, 3.8) is 0 Å². The summed E-state index contributed by atoms with van der Waals surface area (Å²) in [6.07, 6.45) is 1.14. The largest absolute Gasteiger partial charge is 0.385 e. The van der Waals surface area contributed by atoms with Gasteiger partial charge in [-0.2, -0.15) is 0 Å². The lowest BCUT2D eigenvalue weighted by atomic mass is 10.1. The molecule has 0 radical (unpaired) electrons. The third-order valence-electron chi connectivity index (χ3n) is 3.17. The fourth-order valence-corrected chi connectivity index (χ4v) is 2.17. The van der Waals surface area contributed by atoms with Crippen LogP contribution in [0.2, 0.25) is 0 Å². The van der Waals surface area contributed by atoms with E-state index in [1.54, 1.807) is 19.1 Å². The molecule has 120 valence electrons. The Balaban J connectivity index is 2.93. The van der Waals surface area contributed by atoms with E-state index in [0.717, 1.165) is 0 Å². The highest BCUT2D eigenvalue weighted by Gasteiger charge is 2.17. The van der Waals surface area contributed by atoms with E-state index in [1.807, 2.05) is 0 Å². The SMILES string of the molecule is COCCCN(CCOC)c1c(F)cc(CCN)cc1F. The van der Waals surface area contributed by atoms with E-state index in [9.17, 15) is 8.78 Å². The Labute approximate surface area is 124 Å². The lowest BCUT2D eigenvalue weighted by molar-refractivity contribution is 0.190. The van der Waals surface area contributed by atoms with Gasteiger partial charge in [-0.05, 0) is 37.1 Å². The van der Waals surface area contributed by atoms with Crippen LogP contribution < -0.4 is 10.6 Å². The van der Waals surface area contributed by atoms with Crippen LogP contribution in [0, 0.1) is 11.6 Å². The van der Waals surface area contributed by atoms with Crippen molar-refractivity contribution in [3.05, 3.63) is 29.3 Å². The molecule has 0 amide bonds. The van der Waals surface area contributed by atoms with Gasteiger partial charge in [-0.15, -0.1) is 0 Å². The molecule has 0 aliphatic heterocycles. The number of hydrogen-bond donors (Lipinski definition) is 1. The van der Waals surface area contributed by atoms with Gasteiger partial charge in [0.15, 0.2) is 0 Å². The molecule has 0 unspecified atom stereocenters. The predicted octanol–water partition coefficient (Wildman–Crippen LogP) is 1.96. The van der Waals surface area contributed by atoms with Crippen molar-refractivity contribution < 1.29 is 18.3 Å². The van der Waals surface area contributed by atoms with E-state index >= 15 is 0 Å². The second kappa shape index (κ2) is 9.65. The fraction of sp³-hybridized carbons (Fsp3) is 0.600. The van der Waals surface area contributed by atoms with Crippen LogP contribution in [0.25, 0.3) is 0 Å². The maximum atomic E-state index is 14.2. The molecule has 1 rings (SSSR count). The summed E-state index contributed by atoms with van der Waals surface area (Å²) in [6.45, 7) is 2.22. The second-order valence-electron chi connectivity index (χ2n) is 4.77. The van der Waals surface area contributed by atoms with Crippen molar-refractivity contribution in [1.82, 2.24) is 0 Å². The number of anilines is 1. The first kappa shape index (κ1) is 17.8. The summed E-state index contributed by atoms with van der Waals surface area (Å²) in [6, 6.07) is 2.70. The van der Waals surface area contributed by atoms with Crippen LogP contribution in [0.1, 0.15) is 12.0 Å². The molecule has 0 bridgehead atoms. The quantitative estimate of drug-likeness (QED) is 0.671. The average Bonchev–Trinajstić information content (AvgIpc) is 2.44. The number of nitrogens with two attached hydrogens (primary N) is 1. The van der Waals surface area contributed by atoms with E-state index in [0.29, 0.717) is 51.3 Å². The molecule has 21 heavy (non-hydrogen) atoms. The minimum absolute atomic E-state index is 0.0103. The molecular formula is C15H24F2N2O2. The molecule has 0 spiro atoms. The van der Waals surface area contributed by atoms with Gasteiger partial charge < -0.3 is 20.1 Å². The van der Waals surface area contributed by atoms with Crippen LogP contribution >= 0.6 is 0 Å². The van der Waals surface area contributed by atoms with Crippen LogP contribution in [-0.2, 0) is 15.9 Å². The van der Waals surface area contributed by atoms with Crippen LogP contribution in [0.3, 0.4) is 0 Å². The molecule has 0 aliphatic carbocycles. The van der Waals surface area contributed by atoms with Crippen molar-refractivity contribution in [1.29, 1.82) is 0 Å². The molecule has 0 aromatic heterocycles. The summed E-state index contributed by atoms with van der Waals surface area (Å²) in [5, 5.41) is 0. The standard InChI is InChI=1S/C15H24F2N2O2/c1-20-8-3-6-19(7-9-21-2)15-13(16)10-12(4-5-18)11-14(15)17/h10-11H,3-9,18H2,1-2H3. The van der Waals surface area contributed by atoms with Gasteiger partial charge in [0.25, 0.3) is 0 Å². The zero-order valence-corrected chi connectivity index (χ0v) is 12.7. The first-order valence-corrected chi connectivity index (χ1v) is 7.04.